The second-order valence-electron chi connectivity index (χ2n) is 6.63. The van der Waals surface area contributed by atoms with Gasteiger partial charge in [-0.15, -0.1) is 11.3 Å². The van der Waals surface area contributed by atoms with E-state index in [2.05, 4.69) is 9.88 Å². The fraction of sp³-hybridized carbons (Fsp3) is 0.316. The summed E-state index contributed by atoms with van der Waals surface area (Å²) < 4.78 is 15.9. The number of nitrogens with zero attached hydrogens (tertiary/aromatic N) is 4. The molecule has 1 aliphatic heterocycles. The molecule has 2 aromatic heterocycles. The summed E-state index contributed by atoms with van der Waals surface area (Å²) in [7, 11) is 0. The molecule has 1 fully saturated rings. The number of benzene rings is 1. The average Bonchev–Trinajstić information content (AvgIpc) is 3.11. The third-order valence-electron chi connectivity index (χ3n) is 4.81. The Morgan fingerprint density at radius 3 is 2.70 bits per heavy atom. The minimum Gasteiger partial charge on any atom is -0.367 e. The minimum absolute atomic E-state index is 0.0671. The van der Waals surface area contributed by atoms with Crippen LogP contribution in [0.25, 0.3) is 4.96 Å². The zero-order valence-electron chi connectivity index (χ0n) is 14.9. The molecule has 27 heavy (non-hydrogen) atoms. The number of Topliss-reactive ketones (excluding diaryl/α,β-unsaturated/α-hetero) is 1. The summed E-state index contributed by atoms with van der Waals surface area (Å²) in [5, 5.41) is 1.85. The minimum atomic E-state index is -0.367. The van der Waals surface area contributed by atoms with Crippen LogP contribution in [0.1, 0.15) is 23.0 Å². The number of fused-ring (bicyclic) bond motifs is 1. The molecule has 0 atom stereocenters. The maximum Gasteiger partial charge on any atom is 0.258 e. The van der Waals surface area contributed by atoms with E-state index in [9.17, 15) is 14.0 Å². The molecule has 6 nitrogen and oxygen atoms in total. The Kier molecular flexibility index (Phi) is 4.75. The molecule has 1 aromatic carbocycles. The number of aromatic nitrogens is 2. The van der Waals surface area contributed by atoms with Crippen LogP contribution in [-0.4, -0.2) is 46.2 Å². The normalized spacial score (nSPS) is 15.4. The maximum absolute atomic E-state index is 14.3. The Bertz CT molecular complexity index is 1050. The van der Waals surface area contributed by atoms with E-state index < -0.39 is 0 Å². The van der Waals surface area contributed by atoms with Gasteiger partial charge in [-0.25, -0.2) is 9.37 Å². The van der Waals surface area contributed by atoms with Gasteiger partial charge in [0.25, 0.3) is 5.56 Å². The Labute approximate surface area is 159 Å². The first-order valence-electron chi connectivity index (χ1n) is 8.75. The van der Waals surface area contributed by atoms with Crippen molar-refractivity contribution in [2.24, 2.45) is 0 Å². The predicted molar refractivity (Wildman–Crippen MR) is 103 cm³/mol. The number of anilines is 1. The summed E-state index contributed by atoms with van der Waals surface area (Å²) in [5.41, 5.74) is 1.60. The summed E-state index contributed by atoms with van der Waals surface area (Å²) in [6.45, 7) is 4.88. The van der Waals surface area contributed by atoms with Crippen LogP contribution < -0.4 is 10.5 Å². The number of ketones is 1. The van der Waals surface area contributed by atoms with Crippen LogP contribution >= 0.6 is 11.3 Å². The molecule has 1 aliphatic rings. The van der Waals surface area contributed by atoms with Gasteiger partial charge in [-0.2, -0.15) is 0 Å². The first-order chi connectivity index (χ1) is 13.0. The standard InChI is InChI=1S/C19H19FN4O2S/c1-13(25)14-2-3-17(16(20)10-14)23-6-4-22(5-7-23)12-15-11-18(26)24-8-9-27-19(24)21-15/h2-3,8-11H,4-7,12H2,1H3. The molecule has 0 saturated carbocycles. The number of hydrogen-bond donors (Lipinski definition) is 0. The third kappa shape index (κ3) is 3.63. The lowest BCUT2D eigenvalue weighted by Crippen LogP contribution is -2.46. The lowest BCUT2D eigenvalue weighted by molar-refractivity contribution is 0.101. The molecule has 0 N–H and O–H groups in total. The van der Waals surface area contributed by atoms with Gasteiger partial charge in [0.1, 0.15) is 5.82 Å². The second kappa shape index (κ2) is 7.21. The highest BCUT2D eigenvalue weighted by Crippen LogP contribution is 2.22. The highest BCUT2D eigenvalue weighted by Gasteiger charge is 2.21. The molecule has 1 saturated heterocycles. The molecular weight excluding hydrogens is 367 g/mol. The highest BCUT2D eigenvalue weighted by atomic mass is 32.1. The van der Waals surface area contributed by atoms with Crippen molar-refractivity contribution in [1.82, 2.24) is 14.3 Å². The first-order valence-corrected chi connectivity index (χ1v) is 9.63. The largest absolute Gasteiger partial charge is 0.367 e. The fourth-order valence-corrected chi connectivity index (χ4v) is 4.07. The molecule has 0 amide bonds. The third-order valence-corrected chi connectivity index (χ3v) is 5.57. The molecule has 140 valence electrons. The number of hydrogen-bond acceptors (Lipinski definition) is 6. The summed E-state index contributed by atoms with van der Waals surface area (Å²) >= 11 is 1.44. The number of carbonyl (C=O) groups excluding carboxylic acids is 1. The van der Waals surface area contributed by atoms with Crippen LogP contribution in [0.5, 0.6) is 0 Å². The Hall–Kier alpha value is -2.58. The number of carbonyl (C=O) groups is 1. The zero-order chi connectivity index (χ0) is 19.0. The van der Waals surface area contributed by atoms with Gasteiger partial charge in [0.15, 0.2) is 10.7 Å². The number of thiazole rings is 1. The van der Waals surface area contributed by atoms with E-state index in [0.29, 0.717) is 35.8 Å². The van der Waals surface area contributed by atoms with Gasteiger partial charge in [0, 0.05) is 55.9 Å². The zero-order valence-corrected chi connectivity index (χ0v) is 15.7. The predicted octanol–water partition coefficient (Wildman–Crippen LogP) is 2.42. The lowest BCUT2D eigenvalue weighted by Gasteiger charge is -2.36. The van der Waals surface area contributed by atoms with Gasteiger partial charge in [-0.1, -0.05) is 0 Å². The quantitative estimate of drug-likeness (QED) is 0.645. The average molecular weight is 386 g/mol. The van der Waals surface area contributed by atoms with E-state index in [1.54, 1.807) is 28.8 Å². The van der Waals surface area contributed by atoms with Crippen LogP contribution in [0, 0.1) is 5.82 Å². The SMILES string of the molecule is CC(=O)c1ccc(N2CCN(Cc3cc(=O)n4ccsc4n3)CC2)c(F)c1. The highest BCUT2D eigenvalue weighted by molar-refractivity contribution is 7.15. The lowest BCUT2D eigenvalue weighted by atomic mass is 10.1. The molecule has 0 aliphatic carbocycles. The summed E-state index contributed by atoms with van der Waals surface area (Å²) in [4.78, 5) is 32.9. The van der Waals surface area contributed by atoms with Gasteiger partial charge in [0.05, 0.1) is 11.4 Å². The van der Waals surface area contributed by atoms with E-state index >= 15 is 0 Å². The fourth-order valence-electron chi connectivity index (χ4n) is 3.33. The number of piperazine rings is 1. The van der Waals surface area contributed by atoms with E-state index in [0.717, 1.165) is 18.8 Å². The molecule has 3 aromatic rings. The summed E-state index contributed by atoms with van der Waals surface area (Å²) in [5.74, 6) is -0.509. The van der Waals surface area contributed by atoms with Crippen molar-refractivity contribution in [3.05, 3.63) is 63.3 Å². The van der Waals surface area contributed by atoms with E-state index in [1.807, 2.05) is 10.3 Å². The summed E-state index contributed by atoms with van der Waals surface area (Å²) in [6.07, 6.45) is 1.73. The van der Waals surface area contributed by atoms with Crippen molar-refractivity contribution >= 4 is 27.8 Å². The van der Waals surface area contributed by atoms with Crippen molar-refractivity contribution in [3.8, 4) is 0 Å². The summed E-state index contributed by atoms with van der Waals surface area (Å²) in [6, 6.07) is 6.22. The van der Waals surface area contributed by atoms with Crippen LogP contribution in [0.2, 0.25) is 0 Å². The van der Waals surface area contributed by atoms with E-state index in [1.165, 1.54) is 24.3 Å². The van der Waals surface area contributed by atoms with E-state index in [-0.39, 0.29) is 17.2 Å². The number of rotatable bonds is 4. The Morgan fingerprint density at radius 2 is 2.00 bits per heavy atom. The van der Waals surface area contributed by atoms with Crippen LogP contribution in [0.15, 0.2) is 40.6 Å². The molecule has 8 heteroatoms. The molecule has 0 bridgehead atoms. The molecular formula is C19H19FN4O2S. The smallest absolute Gasteiger partial charge is 0.258 e. The van der Waals surface area contributed by atoms with Gasteiger partial charge in [-0.05, 0) is 25.1 Å². The van der Waals surface area contributed by atoms with Gasteiger partial charge in [0.2, 0.25) is 0 Å². The van der Waals surface area contributed by atoms with Gasteiger partial charge in [-0.3, -0.25) is 18.9 Å². The van der Waals surface area contributed by atoms with Crippen molar-refractivity contribution < 1.29 is 9.18 Å². The van der Waals surface area contributed by atoms with Crippen LogP contribution in [0.4, 0.5) is 10.1 Å². The van der Waals surface area contributed by atoms with Gasteiger partial charge >= 0.3 is 0 Å². The van der Waals surface area contributed by atoms with Crippen LogP contribution in [-0.2, 0) is 6.54 Å². The molecule has 0 radical (unpaired) electrons. The monoisotopic (exact) mass is 386 g/mol. The Morgan fingerprint density at radius 1 is 1.22 bits per heavy atom. The molecule has 4 rings (SSSR count). The van der Waals surface area contributed by atoms with Crippen molar-refractivity contribution in [2.75, 3.05) is 31.1 Å². The first kappa shape index (κ1) is 17.8. The molecule has 0 spiro atoms. The number of halogens is 1. The van der Waals surface area contributed by atoms with Crippen molar-refractivity contribution in [3.63, 3.8) is 0 Å². The topological polar surface area (TPSA) is 57.9 Å². The van der Waals surface area contributed by atoms with E-state index in [4.69, 9.17) is 0 Å². The van der Waals surface area contributed by atoms with Crippen molar-refractivity contribution in [1.29, 1.82) is 0 Å². The van der Waals surface area contributed by atoms with Crippen LogP contribution in [0.3, 0.4) is 0 Å². The van der Waals surface area contributed by atoms with Gasteiger partial charge < -0.3 is 4.90 Å². The maximum atomic E-state index is 14.3. The Balaban J connectivity index is 1.42. The second-order valence-corrected chi connectivity index (χ2v) is 7.50. The molecule has 3 heterocycles. The van der Waals surface area contributed by atoms with Crippen molar-refractivity contribution in [2.45, 2.75) is 13.5 Å². The molecule has 0 unspecified atom stereocenters.